The second-order valence-corrected chi connectivity index (χ2v) is 7.78. The molecule has 1 aliphatic carbocycles. The predicted molar refractivity (Wildman–Crippen MR) is 110 cm³/mol. The molecule has 0 aliphatic heterocycles. The molecule has 4 nitrogen and oxygen atoms in total. The van der Waals surface area contributed by atoms with Crippen molar-refractivity contribution in [3.05, 3.63) is 77.3 Å². The van der Waals surface area contributed by atoms with Crippen molar-refractivity contribution >= 4 is 17.5 Å². The van der Waals surface area contributed by atoms with Crippen LogP contribution in [0.1, 0.15) is 37.1 Å². The number of oxazole rings is 1. The molecule has 4 rings (SSSR count). The lowest BCUT2D eigenvalue weighted by Gasteiger charge is -2.42. The first-order chi connectivity index (χ1) is 13.7. The van der Waals surface area contributed by atoms with E-state index in [2.05, 4.69) is 34.6 Å². The molecule has 0 spiro atoms. The number of benzene rings is 2. The van der Waals surface area contributed by atoms with Crippen molar-refractivity contribution in [2.75, 3.05) is 6.54 Å². The van der Waals surface area contributed by atoms with E-state index in [4.69, 9.17) is 16.0 Å². The van der Waals surface area contributed by atoms with Crippen LogP contribution in [-0.4, -0.2) is 17.4 Å². The SMILES string of the molecule is O=C(CCc1ncc(-c2ccccc2Cl)o1)NCC1(c2ccccc2)CCC1. The van der Waals surface area contributed by atoms with Gasteiger partial charge in [0.25, 0.3) is 0 Å². The highest BCUT2D eigenvalue weighted by Gasteiger charge is 2.38. The summed E-state index contributed by atoms with van der Waals surface area (Å²) in [6.07, 6.45) is 5.94. The Hall–Kier alpha value is -2.59. The van der Waals surface area contributed by atoms with E-state index in [0.29, 0.717) is 36.1 Å². The van der Waals surface area contributed by atoms with E-state index in [9.17, 15) is 4.79 Å². The fraction of sp³-hybridized carbons (Fsp3) is 0.304. The normalized spacial score (nSPS) is 15.0. The van der Waals surface area contributed by atoms with Crippen molar-refractivity contribution in [1.29, 1.82) is 0 Å². The van der Waals surface area contributed by atoms with Gasteiger partial charge in [0.1, 0.15) is 0 Å². The number of hydrogen-bond donors (Lipinski definition) is 1. The van der Waals surface area contributed by atoms with E-state index in [1.807, 2.05) is 30.3 Å². The minimum atomic E-state index is 0.0275. The maximum absolute atomic E-state index is 12.4. The molecule has 1 N–H and O–H groups in total. The van der Waals surface area contributed by atoms with Gasteiger partial charge in [-0.2, -0.15) is 0 Å². The van der Waals surface area contributed by atoms with Gasteiger partial charge >= 0.3 is 0 Å². The average molecular weight is 395 g/mol. The van der Waals surface area contributed by atoms with Gasteiger partial charge in [0.05, 0.1) is 11.2 Å². The summed E-state index contributed by atoms with van der Waals surface area (Å²) in [5.74, 6) is 1.20. The molecule has 3 aromatic rings. The van der Waals surface area contributed by atoms with E-state index in [0.717, 1.165) is 18.4 Å². The number of rotatable bonds is 7. The van der Waals surface area contributed by atoms with Gasteiger partial charge < -0.3 is 9.73 Å². The topological polar surface area (TPSA) is 55.1 Å². The quantitative estimate of drug-likeness (QED) is 0.601. The Balaban J connectivity index is 1.31. The van der Waals surface area contributed by atoms with Crippen LogP contribution >= 0.6 is 11.6 Å². The smallest absolute Gasteiger partial charge is 0.220 e. The summed E-state index contributed by atoms with van der Waals surface area (Å²) >= 11 is 6.20. The number of carbonyl (C=O) groups is 1. The van der Waals surface area contributed by atoms with Crippen LogP contribution in [0, 0.1) is 0 Å². The zero-order valence-corrected chi connectivity index (χ0v) is 16.4. The molecule has 1 saturated carbocycles. The summed E-state index contributed by atoms with van der Waals surface area (Å²) in [6.45, 7) is 0.687. The van der Waals surface area contributed by atoms with Crippen LogP contribution < -0.4 is 5.32 Å². The molecule has 5 heteroatoms. The highest BCUT2D eigenvalue weighted by Crippen LogP contribution is 2.43. The third-order valence-electron chi connectivity index (χ3n) is 5.58. The Bertz CT molecular complexity index is 948. The van der Waals surface area contributed by atoms with Crippen LogP contribution in [0.15, 0.2) is 65.2 Å². The minimum absolute atomic E-state index is 0.0275. The number of nitrogens with zero attached hydrogens (tertiary/aromatic N) is 1. The molecule has 0 saturated heterocycles. The molecule has 1 aliphatic rings. The standard InChI is InChI=1S/C23H23ClN2O2/c24-19-10-5-4-9-18(19)20-15-25-22(28-20)12-11-21(27)26-16-23(13-6-14-23)17-7-2-1-3-8-17/h1-5,7-10,15H,6,11-14,16H2,(H,26,27). The molecule has 1 fully saturated rings. The molecule has 28 heavy (non-hydrogen) atoms. The van der Waals surface area contributed by atoms with Crippen LogP contribution in [0.5, 0.6) is 0 Å². The van der Waals surface area contributed by atoms with Crippen molar-refractivity contribution < 1.29 is 9.21 Å². The largest absolute Gasteiger partial charge is 0.441 e. The van der Waals surface area contributed by atoms with Gasteiger partial charge in [0.15, 0.2) is 11.7 Å². The summed E-state index contributed by atoms with van der Waals surface area (Å²) in [4.78, 5) is 16.6. The van der Waals surface area contributed by atoms with Gasteiger partial charge in [-0.1, -0.05) is 60.5 Å². The monoisotopic (exact) mass is 394 g/mol. The zero-order valence-electron chi connectivity index (χ0n) is 15.7. The molecule has 1 heterocycles. The molecule has 0 radical (unpaired) electrons. The predicted octanol–water partition coefficient (Wildman–Crippen LogP) is 5.17. The molecule has 0 atom stereocenters. The molecule has 1 amide bonds. The lowest BCUT2D eigenvalue weighted by atomic mass is 9.64. The molecule has 144 valence electrons. The van der Waals surface area contributed by atoms with Gasteiger partial charge in [-0.25, -0.2) is 4.98 Å². The molecule has 0 bridgehead atoms. The Kier molecular flexibility index (Phi) is 5.49. The Labute approximate surface area is 169 Å². The van der Waals surface area contributed by atoms with Crippen molar-refractivity contribution in [2.24, 2.45) is 0 Å². The summed E-state index contributed by atoms with van der Waals surface area (Å²) in [7, 11) is 0. The summed E-state index contributed by atoms with van der Waals surface area (Å²) in [6, 6.07) is 18.0. The molecule has 1 aromatic heterocycles. The van der Waals surface area contributed by atoms with E-state index < -0.39 is 0 Å². The molecular formula is C23H23ClN2O2. The highest BCUT2D eigenvalue weighted by molar-refractivity contribution is 6.33. The van der Waals surface area contributed by atoms with E-state index in [-0.39, 0.29) is 11.3 Å². The lowest BCUT2D eigenvalue weighted by molar-refractivity contribution is -0.121. The van der Waals surface area contributed by atoms with Crippen molar-refractivity contribution in [3.8, 4) is 11.3 Å². The number of aryl methyl sites for hydroxylation is 1. The number of amides is 1. The Morgan fingerprint density at radius 1 is 1.11 bits per heavy atom. The summed E-state index contributed by atoms with van der Waals surface area (Å²) < 4.78 is 5.77. The number of hydrogen-bond acceptors (Lipinski definition) is 3. The van der Waals surface area contributed by atoms with Crippen molar-refractivity contribution in [3.63, 3.8) is 0 Å². The lowest BCUT2D eigenvalue weighted by Crippen LogP contribution is -2.45. The van der Waals surface area contributed by atoms with E-state index in [1.165, 1.54) is 12.0 Å². The summed E-state index contributed by atoms with van der Waals surface area (Å²) in [5, 5.41) is 3.73. The van der Waals surface area contributed by atoms with Crippen LogP contribution in [0.2, 0.25) is 5.02 Å². The van der Waals surface area contributed by atoms with Crippen molar-refractivity contribution in [1.82, 2.24) is 10.3 Å². The molecule has 0 unspecified atom stereocenters. The van der Waals surface area contributed by atoms with Gasteiger partial charge in [-0.3, -0.25) is 4.79 Å². The third-order valence-corrected chi connectivity index (χ3v) is 5.91. The van der Waals surface area contributed by atoms with E-state index in [1.54, 1.807) is 6.20 Å². The van der Waals surface area contributed by atoms with Gasteiger partial charge in [-0.15, -0.1) is 0 Å². The van der Waals surface area contributed by atoms with Crippen LogP contribution in [-0.2, 0) is 16.6 Å². The van der Waals surface area contributed by atoms with Crippen LogP contribution in [0.4, 0.5) is 0 Å². The fourth-order valence-corrected chi connectivity index (χ4v) is 3.98. The van der Waals surface area contributed by atoms with Gasteiger partial charge in [-0.05, 0) is 30.5 Å². The first-order valence-electron chi connectivity index (χ1n) is 9.68. The Morgan fingerprint density at radius 3 is 2.57 bits per heavy atom. The first kappa shape index (κ1) is 18.8. The fourth-order valence-electron chi connectivity index (χ4n) is 3.75. The Morgan fingerprint density at radius 2 is 1.86 bits per heavy atom. The van der Waals surface area contributed by atoms with Crippen LogP contribution in [0.3, 0.4) is 0 Å². The maximum atomic E-state index is 12.4. The second-order valence-electron chi connectivity index (χ2n) is 7.37. The minimum Gasteiger partial charge on any atom is -0.441 e. The van der Waals surface area contributed by atoms with E-state index >= 15 is 0 Å². The average Bonchev–Trinajstić information content (AvgIpc) is 3.15. The number of halogens is 1. The number of carbonyl (C=O) groups excluding carboxylic acids is 1. The number of nitrogens with one attached hydrogen (secondary N) is 1. The summed E-state index contributed by atoms with van der Waals surface area (Å²) in [5.41, 5.74) is 2.22. The highest BCUT2D eigenvalue weighted by atomic mass is 35.5. The zero-order chi connectivity index (χ0) is 19.4. The second kappa shape index (κ2) is 8.19. The number of aromatic nitrogens is 1. The molecular weight excluding hydrogens is 372 g/mol. The van der Waals surface area contributed by atoms with Crippen LogP contribution in [0.25, 0.3) is 11.3 Å². The van der Waals surface area contributed by atoms with Crippen molar-refractivity contribution in [2.45, 2.75) is 37.5 Å². The van der Waals surface area contributed by atoms with Gasteiger partial charge in [0.2, 0.25) is 5.91 Å². The third kappa shape index (κ3) is 3.97. The maximum Gasteiger partial charge on any atom is 0.220 e. The molecule has 2 aromatic carbocycles. The first-order valence-corrected chi connectivity index (χ1v) is 10.1. The van der Waals surface area contributed by atoms with Gasteiger partial charge in [0, 0.05) is 30.4 Å².